The van der Waals surface area contributed by atoms with Crippen molar-refractivity contribution in [1.82, 2.24) is 9.97 Å². The Balaban J connectivity index is 1.95. The number of carboxylic acids is 1. The summed E-state index contributed by atoms with van der Waals surface area (Å²) in [6, 6.07) is 8.32. The molecule has 0 aliphatic rings. The van der Waals surface area contributed by atoms with Crippen molar-refractivity contribution in [3.05, 3.63) is 80.8 Å². The first-order chi connectivity index (χ1) is 15.3. The van der Waals surface area contributed by atoms with Crippen molar-refractivity contribution in [2.24, 2.45) is 0 Å². The van der Waals surface area contributed by atoms with Crippen molar-refractivity contribution >= 4 is 69.0 Å². The molecule has 0 fully saturated rings. The molecule has 0 aliphatic heterocycles. The van der Waals surface area contributed by atoms with Gasteiger partial charge in [-0.2, -0.15) is 5.26 Å². The number of benzene rings is 1. The molecule has 0 saturated heterocycles. The van der Waals surface area contributed by atoms with E-state index < -0.39 is 5.97 Å². The highest BCUT2D eigenvalue weighted by Gasteiger charge is 2.17. The lowest BCUT2D eigenvalue weighted by Gasteiger charge is -2.15. The number of pyridine rings is 2. The normalized spacial score (nSPS) is 10.7. The minimum atomic E-state index is -1.31. The molecule has 0 aliphatic carbocycles. The van der Waals surface area contributed by atoms with E-state index in [9.17, 15) is 10.1 Å². The number of aromatic carboxylic acids is 1. The van der Waals surface area contributed by atoms with E-state index in [0.717, 1.165) is 0 Å². The second kappa shape index (κ2) is 10.9. The van der Waals surface area contributed by atoms with Crippen LogP contribution < -0.4 is 9.82 Å². The molecule has 162 valence electrons. The first-order valence-electron chi connectivity index (χ1n) is 8.74. The van der Waals surface area contributed by atoms with Crippen LogP contribution in [0.5, 0.6) is 5.75 Å². The lowest BCUT2D eigenvalue weighted by Crippen LogP contribution is -2.10. The maximum atomic E-state index is 11.2. The van der Waals surface area contributed by atoms with Gasteiger partial charge in [-0.1, -0.05) is 23.2 Å². The number of hydrogen-bond donors (Lipinski definition) is 3. The summed E-state index contributed by atoms with van der Waals surface area (Å²) in [4.78, 5) is 19.0. The molecule has 3 aromatic rings. The SMILES string of the molecule is N#Cc1cc(C(=N)c2cc(OCc3c(Cl)cncc3Cl)ccc2NPI)cnc1C(=O)O. The molecule has 1 unspecified atom stereocenters. The highest BCUT2D eigenvalue weighted by molar-refractivity contribution is 14.2. The Morgan fingerprint density at radius 1 is 1.28 bits per heavy atom. The predicted molar refractivity (Wildman–Crippen MR) is 133 cm³/mol. The molecule has 0 saturated carbocycles. The van der Waals surface area contributed by atoms with Gasteiger partial charge in [0.05, 0.1) is 21.3 Å². The molecule has 0 bridgehead atoms. The van der Waals surface area contributed by atoms with Crippen LogP contribution in [0.2, 0.25) is 10.0 Å². The number of nitriles is 1. The summed E-state index contributed by atoms with van der Waals surface area (Å²) in [6.45, 7) is 0.0984. The third-order valence-corrected chi connectivity index (χ3v) is 6.10. The summed E-state index contributed by atoms with van der Waals surface area (Å²) in [5.41, 5.74) is 1.61. The average molecular weight is 600 g/mol. The monoisotopic (exact) mass is 599 g/mol. The molecule has 0 radical (unpaired) electrons. The molecule has 2 aromatic heterocycles. The predicted octanol–water partition coefficient (Wildman–Crippen LogP) is 5.70. The minimum absolute atomic E-state index is 0.0496. The van der Waals surface area contributed by atoms with Gasteiger partial charge in [-0.3, -0.25) is 10.4 Å². The number of aromatic nitrogens is 2. The molecular weight excluding hydrogens is 587 g/mol. The fourth-order valence-corrected chi connectivity index (χ4v) is 4.39. The number of halogens is 3. The van der Waals surface area contributed by atoms with Gasteiger partial charge in [-0.15, -0.1) is 0 Å². The number of ether oxygens (including phenoxy) is 1. The van der Waals surface area contributed by atoms with Gasteiger partial charge in [-0.25, -0.2) is 9.78 Å². The topological polar surface area (TPSA) is 132 Å². The Morgan fingerprint density at radius 3 is 2.62 bits per heavy atom. The summed E-state index contributed by atoms with van der Waals surface area (Å²) in [7, 11) is 0. The summed E-state index contributed by atoms with van der Waals surface area (Å²) in [5, 5.41) is 31.0. The van der Waals surface area contributed by atoms with Crippen LogP contribution in [-0.2, 0) is 6.61 Å². The van der Waals surface area contributed by atoms with Gasteiger partial charge in [0.1, 0.15) is 18.4 Å². The van der Waals surface area contributed by atoms with Gasteiger partial charge in [-0.05, 0) is 46.3 Å². The molecular formula is C20H13Cl2IN5O3P. The van der Waals surface area contributed by atoms with Gasteiger partial charge in [0, 0.05) is 47.3 Å². The number of carbonyl (C=O) groups is 1. The highest BCUT2D eigenvalue weighted by atomic mass is 127. The standard InChI is InChI=1S/C20H13Cl2IN5O3P/c21-15-7-26-8-16(22)14(15)9-31-12-1-2-17(28-32-23)13(4-12)18(25)11-3-10(5-24)19(20(29)30)27-6-11/h1-4,6-8,25,28,32H,9H2,(H,29,30). The van der Waals surface area contributed by atoms with Crippen LogP contribution in [0.1, 0.15) is 32.7 Å². The number of hydrogen-bond acceptors (Lipinski definition) is 7. The Bertz CT molecular complexity index is 1230. The first kappa shape index (κ1) is 24.1. The van der Waals surface area contributed by atoms with E-state index in [1.165, 1.54) is 24.7 Å². The van der Waals surface area contributed by atoms with Gasteiger partial charge < -0.3 is 14.9 Å². The second-order valence-corrected chi connectivity index (χ2v) is 9.08. The second-order valence-electron chi connectivity index (χ2n) is 6.21. The Morgan fingerprint density at radius 2 is 2.00 bits per heavy atom. The smallest absolute Gasteiger partial charge is 0.355 e. The maximum Gasteiger partial charge on any atom is 0.355 e. The lowest BCUT2D eigenvalue weighted by atomic mass is 10.00. The van der Waals surface area contributed by atoms with Gasteiger partial charge in [0.25, 0.3) is 0 Å². The van der Waals surface area contributed by atoms with Crippen molar-refractivity contribution in [2.45, 2.75) is 6.61 Å². The molecule has 1 atom stereocenters. The fraction of sp³-hybridized carbons (Fsp3) is 0.0500. The van der Waals surface area contributed by atoms with Crippen molar-refractivity contribution < 1.29 is 14.6 Å². The third-order valence-electron chi connectivity index (χ3n) is 4.28. The number of anilines is 1. The molecule has 2 heterocycles. The van der Waals surface area contributed by atoms with Crippen LogP contribution in [0.4, 0.5) is 5.69 Å². The van der Waals surface area contributed by atoms with E-state index in [0.29, 0.717) is 44.5 Å². The first-order valence-corrected chi connectivity index (χ1v) is 13.6. The summed E-state index contributed by atoms with van der Waals surface area (Å²) in [5.74, 6) is -0.844. The summed E-state index contributed by atoms with van der Waals surface area (Å²) < 4.78 is 5.84. The zero-order valence-electron chi connectivity index (χ0n) is 16.0. The van der Waals surface area contributed by atoms with E-state index in [4.69, 9.17) is 38.5 Å². The Labute approximate surface area is 207 Å². The van der Waals surface area contributed by atoms with Gasteiger partial charge in [0.2, 0.25) is 0 Å². The maximum absolute atomic E-state index is 11.2. The van der Waals surface area contributed by atoms with Crippen LogP contribution in [0.3, 0.4) is 0 Å². The number of rotatable bonds is 8. The van der Waals surface area contributed by atoms with Crippen LogP contribution in [0, 0.1) is 16.7 Å². The van der Waals surface area contributed by atoms with Crippen LogP contribution >= 0.6 is 51.6 Å². The van der Waals surface area contributed by atoms with Gasteiger partial charge >= 0.3 is 5.97 Å². The molecule has 1 aromatic carbocycles. The Hall–Kier alpha value is -2.51. The molecule has 12 heteroatoms. The number of nitrogens with one attached hydrogen (secondary N) is 2. The molecule has 32 heavy (non-hydrogen) atoms. The van der Waals surface area contributed by atoms with Crippen molar-refractivity contribution in [3.63, 3.8) is 0 Å². The van der Waals surface area contributed by atoms with Crippen LogP contribution in [0.15, 0.2) is 42.9 Å². The van der Waals surface area contributed by atoms with E-state index in [2.05, 4.69) is 37.1 Å². The van der Waals surface area contributed by atoms with Crippen LogP contribution in [-0.4, -0.2) is 26.8 Å². The van der Waals surface area contributed by atoms with Crippen molar-refractivity contribution in [3.8, 4) is 11.8 Å². The Kier molecular flexibility index (Phi) is 8.21. The zero-order chi connectivity index (χ0) is 23.3. The van der Waals surface area contributed by atoms with Gasteiger partial charge in [0.15, 0.2) is 5.69 Å². The quantitative estimate of drug-likeness (QED) is 0.172. The third kappa shape index (κ3) is 5.45. The van der Waals surface area contributed by atoms with Crippen molar-refractivity contribution in [2.75, 3.05) is 5.09 Å². The van der Waals surface area contributed by atoms with E-state index in [1.807, 2.05) is 6.07 Å². The molecule has 8 nitrogen and oxygen atoms in total. The van der Waals surface area contributed by atoms with Crippen LogP contribution in [0.25, 0.3) is 0 Å². The van der Waals surface area contributed by atoms with Crippen molar-refractivity contribution in [1.29, 1.82) is 10.7 Å². The summed E-state index contributed by atoms with van der Waals surface area (Å²) in [6.07, 6.45) is 4.55. The van der Waals surface area contributed by atoms with E-state index in [1.54, 1.807) is 18.2 Å². The van der Waals surface area contributed by atoms with E-state index >= 15 is 0 Å². The highest BCUT2D eigenvalue weighted by Crippen LogP contribution is 2.32. The number of carboxylic acid groups (broad SMARTS) is 1. The molecule has 0 amide bonds. The molecule has 3 N–H and O–H groups in total. The molecule has 3 rings (SSSR count). The zero-order valence-corrected chi connectivity index (χ0v) is 20.7. The largest absolute Gasteiger partial charge is 0.489 e. The lowest BCUT2D eigenvalue weighted by molar-refractivity contribution is 0.0690. The summed E-state index contributed by atoms with van der Waals surface area (Å²) >= 11 is 14.5. The van der Waals surface area contributed by atoms with E-state index in [-0.39, 0.29) is 23.6 Å². The number of nitrogens with zero attached hydrogens (tertiary/aromatic N) is 3. The minimum Gasteiger partial charge on any atom is -0.489 e. The average Bonchev–Trinajstić information content (AvgIpc) is 2.78. The fourth-order valence-electron chi connectivity index (χ4n) is 2.72. The molecule has 0 spiro atoms.